The van der Waals surface area contributed by atoms with E-state index in [1.807, 2.05) is 45.0 Å². The minimum atomic E-state index is -0.532. The maximum Gasteiger partial charge on any atom is 0.339 e. The number of unbranched alkanes of at least 4 members (excludes halogenated alkanes) is 1. The van der Waals surface area contributed by atoms with Gasteiger partial charge < -0.3 is 9.30 Å². The van der Waals surface area contributed by atoms with Crippen LogP contribution in [0.5, 0.6) is 0 Å². The number of hydrogen-bond donors (Lipinski definition) is 0. The highest BCUT2D eigenvalue weighted by atomic mass is 16.6. The smallest absolute Gasteiger partial charge is 0.339 e. The maximum atomic E-state index is 12.8. The monoisotopic (exact) mass is 454 g/mol. The molecule has 34 heavy (non-hydrogen) atoms. The summed E-state index contributed by atoms with van der Waals surface area (Å²) in [6, 6.07) is 22.6. The molecule has 4 rings (SSSR count). The van der Waals surface area contributed by atoms with Gasteiger partial charge in [0.1, 0.15) is 11.4 Å². The summed E-state index contributed by atoms with van der Waals surface area (Å²) in [4.78, 5) is 17.7. The number of aryl methyl sites for hydroxylation is 2. The van der Waals surface area contributed by atoms with Crippen molar-refractivity contribution in [2.45, 2.75) is 66.0 Å². The van der Waals surface area contributed by atoms with Crippen molar-refractivity contribution in [3.8, 4) is 11.1 Å². The average molecular weight is 455 g/mol. The van der Waals surface area contributed by atoms with Crippen LogP contribution in [0.2, 0.25) is 0 Å². The van der Waals surface area contributed by atoms with Gasteiger partial charge in [0.15, 0.2) is 0 Å². The van der Waals surface area contributed by atoms with Crippen molar-refractivity contribution in [2.75, 3.05) is 0 Å². The van der Waals surface area contributed by atoms with Crippen molar-refractivity contribution >= 4 is 17.0 Å². The van der Waals surface area contributed by atoms with Crippen molar-refractivity contribution in [3.05, 3.63) is 89.2 Å². The lowest BCUT2D eigenvalue weighted by Crippen LogP contribution is -2.24. The predicted octanol–water partition coefficient (Wildman–Crippen LogP) is 7.36. The molecular formula is C30H34N2O2. The fourth-order valence-corrected chi connectivity index (χ4v) is 4.21. The number of esters is 1. The normalized spacial score (nSPS) is 11.7. The van der Waals surface area contributed by atoms with Crippen LogP contribution in [0.1, 0.15) is 67.8 Å². The maximum absolute atomic E-state index is 12.8. The Morgan fingerprint density at radius 1 is 1.00 bits per heavy atom. The molecule has 4 aromatic rings. The third-order valence-electron chi connectivity index (χ3n) is 5.89. The molecule has 0 atom stereocenters. The van der Waals surface area contributed by atoms with Gasteiger partial charge in [0.2, 0.25) is 0 Å². The van der Waals surface area contributed by atoms with Crippen LogP contribution in [-0.2, 0) is 17.7 Å². The second-order valence-corrected chi connectivity index (χ2v) is 9.95. The van der Waals surface area contributed by atoms with Gasteiger partial charge >= 0.3 is 5.97 Å². The lowest BCUT2D eigenvalue weighted by Gasteiger charge is -2.20. The van der Waals surface area contributed by atoms with Crippen LogP contribution < -0.4 is 0 Å². The van der Waals surface area contributed by atoms with Gasteiger partial charge in [0, 0.05) is 13.0 Å². The van der Waals surface area contributed by atoms with Gasteiger partial charge in [-0.1, -0.05) is 61.9 Å². The average Bonchev–Trinajstić information content (AvgIpc) is 3.13. The first-order valence-electron chi connectivity index (χ1n) is 12.1. The molecule has 1 heterocycles. The molecule has 0 spiro atoms. The van der Waals surface area contributed by atoms with Gasteiger partial charge in [-0.25, -0.2) is 9.78 Å². The quantitative estimate of drug-likeness (QED) is 0.274. The molecule has 176 valence electrons. The number of rotatable bonds is 7. The zero-order valence-electron chi connectivity index (χ0n) is 20.9. The summed E-state index contributed by atoms with van der Waals surface area (Å²) in [7, 11) is 0. The molecule has 0 aliphatic rings. The molecule has 0 bridgehead atoms. The highest BCUT2D eigenvalue weighted by Gasteiger charge is 2.20. The largest absolute Gasteiger partial charge is 0.456 e. The summed E-state index contributed by atoms with van der Waals surface area (Å²) < 4.78 is 7.97. The van der Waals surface area contributed by atoms with Crippen LogP contribution >= 0.6 is 0 Å². The van der Waals surface area contributed by atoms with E-state index in [1.165, 1.54) is 16.6 Å². The summed E-state index contributed by atoms with van der Waals surface area (Å²) in [6.07, 6.45) is 3.25. The van der Waals surface area contributed by atoms with E-state index in [0.717, 1.165) is 48.3 Å². The molecule has 0 saturated heterocycles. The molecule has 0 unspecified atom stereocenters. The molecule has 3 aromatic carbocycles. The van der Waals surface area contributed by atoms with E-state index in [4.69, 9.17) is 9.72 Å². The summed E-state index contributed by atoms with van der Waals surface area (Å²) >= 11 is 0. The molecule has 0 fully saturated rings. The van der Waals surface area contributed by atoms with Crippen LogP contribution in [-0.4, -0.2) is 21.1 Å². The van der Waals surface area contributed by atoms with Gasteiger partial charge in [-0.05, 0) is 74.6 Å². The Labute approximate surface area is 202 Å². The van der Waals surface area contributed by atoms with E-state index in [-0.39, 0.29) is 5.97 Å². The molecule has 4 heteroatoms. The van der Waals surface area contributed by atoms with Crippen LogP contribution in [0.15, 0.2) is 66.7 Å². The lowest BCUT2D eigenvalue weighted by atomic mass is 9.98. The van der Waals surface area contributed by atoms with Crippen LogP contribution in [0.4, 0.5) is 0 Å². The highest BCUT2D eigenvalue weighted by molar-refractivity contribution is 5.97. The number of nitrogens with zero attached hydrogens (tertiary/aromatic N) is 2. The van der Waals surface area contributed by atoms with Crippen molar-refractivity contribution < 1.29 is 9.53 Å². The first-order valence-corrected chi connectivity index (χ1v) is 12.1. The third-order valence-corrected chi connectivity index (χ3v) is 5.89. The third kappa shape index (κ3) is 5.39. The standard InChI is InChI=1S/C30H34N2O2/c1-6-7-12-28-31-26-19-21(2)13-18-27(26)32(28)20-22-14-16-23(17-15-22)24-10-8-9-11-25(24)29(33)34-30(3,4)5/h8-11,13-19H,6-7,12,20H2,1-5H3. The molecule has 0 radical (unpaired) electrons. The van der Waals surface area contributed by atoms with Crippen molar-refractivity contribution in [3.63, 3.8) is 0 Å². The topological polar surface area (TPSA) is 44.1 Å². The fourth-order valence-electron chi connectivity index (χ4n) is 4.21. The fraction of sp³-hybridized carbons (Fsp3) is 0.333. The summed E-state index contributed by atoms with van der Waals surface area (Å²) in [6.45, 7) is 10.8. The van der Waals surface area contributed by atoms with E-state index in [2.05, 4.69) is 60.9 Å². The highest BCUT2D eigenvalue weighted by Crippen LogP contribution is 2.27. The van der Waals surface area contributed by atoms with Crippen molar-refractivity contribution in [1.29, 1.82) is 0 Å². The zero-order valence-corrected chi connectivity index (χ0v) is 20.9. The van der Waals surface area contributed by atoms with E-state index < -0.39 is 5.60 Å². The van der Waals surface area contributed by atoms with Crippen LogP contribution in [0.3, 0.4) is 0 Å². The number of hydrogen-bond acceptors (Lipinski definition) is 3. The Kier molecular flexibility index (Phi) is 6.87. The van der Waals surface area contributed by atoms with E-state index in [0.29, 0.717) is 5.56 Å². The molecule has 1 aromatic heterocycles. The Hall–Kier alpha value is -3.40. The molecule has 0 amide bonds. The zero-order chi connectivity index (χ0) is 24.3. The van der Waals surface area contributed by atoms with E-state index >= 15 is 0 Å². The lowest BCUT2D eigenvalue weighted by molar-refractivity contribution is 0.00704. The molecule has 0 aliphatic heterocycles. The minimum Gasteiger partial charge on any atom is -0.456 e. The van der Waals surface area contributed by atoms with E-state index in [9.17, 15) is 4.79 Å². The van der Waals surface area contributed by atoms with Crippen molar-refractivity contribution in [2.24, 2.45) is 0 Å². The summed E-state index contributed by atoms with van der Waals surface area (Å²) in [5.74, 6) is 0.842. The first-order chi connectivity index (χ1) is 16.2. The van der Waals surface area contributed by atoms with Gasteiger partial charge in [-0.3, -0.25) is 0 Å². The Morgan fingerprint density at radius 2 is 1.74 bits per heavy atom. The number of ether oxygens (including phenoxy) is 1. The summed E-state index contributed by atoms with van der Waals surface area (Å²) in [5, 5.41) is 0. The Morgan fingerprint density at radius 3 is 2.44 bits per heavy atom. The molecule has 4 nitrogen and oxygen atoms in total. The van der Waals surface area contributed by atoms with Gasteiger partial charge in [-0.2, -0.15) is 0 Å². The number of benzene rings is 3. The van der Waals surface area contributed by atoms with Gasteiger partial charge in [-0.15, -0.1) is 0 Å². The van der Waals surface area contributed by atoms with Gasteiger partial charge in [0.25, 0.3) is 0 Å². The van der Waals surface area contributed by atoms with Crippen LogP contribution in [0.25, 0.3) is 22.2 Å². The molecule has 0 N–H and O–H groups in total. The minimum absolute atomic E-state index is 0.298. The summed E-state index contributed by atoms with van der Waals surface area (Å²) in [5.41, 5.74) is 6.62. The second kappa shape index (κ2) is 9.84. The number of aromatic nitrogens is 2. The number of carbonyl (C=O) groups excluding carboxylic acids is 1. The Balaban J connectivity index is 1.63. The van der Waals surface area contributed by atoms with Gasteiger partial charge in [0.05, 0.1) is 16.6 Å². The van der Waals surface area contributed by atoms with Crippen molar-refractivity contribution in [1.82, 2.24) is 9.55 Å². The molecule has 0 aliphatic carbocycles. The number of fused-ring (bicyclic) bond motifs is 1. The second-order valence-electron chi connectivity index (χ2n) is 9.95. The number of carbonyl (C=O) groups is 1. The Bertz CT molecular complexity index is 1290. The molecular weight excluding hydrogens is 420 g/mol. The number of imidazole rings is 1. The first kappa shape index (κ1) is 23.7. The molecule has 0 saturated carbocycles. The van der Waals surface area contributed by atoms with Crippen LogP contribution in [0, 0.1) is 6.92 Å². The SMILES string of the molecule is CCCCc1nc2cc(C)ccc2n1Cc1ccc(-c2ccccc2C(=O)OC(C)(C)C)cc1. The van der Waals surface area contributed by atoms with E-state index in [1.54, 1.807) is 0 Å². The predicted molar refractivity (Wildman–Crippen MR) is 139 cm³/mol.